The molecule has 1 heterocycles. The molecular formula is C13H15N3O2. The normalized spacial score (nSPS) is 23.3. The van der Waals surface area contributed by atoms with Gasteiger partial charge in [-0.1, -0.05) is 12.1 Å². The minimum absolute atomic E-state index is 0.172. The van der Waals surface area contributed by atoms with Crippen molar-refractivity contribution in [1.29, 1.82) is 0 Å². The highest BCUT2D eigenvalue weighted by molar-refractivity contribution is 6.03. The molecule has 18 heavy (non-hydrogen) atoms. The summed E-state index contributed by atoms with van der Waals surface area (Å²) in [5.74, 6) is 1.06. The number of amidine groups is 1. The maximum absolute atomic E-state index is 11.8. The van der Waals surface area contributed by atoms with Gasteiger partial charge in [0.25, 0.3) is 0 Å². The van der Waals surface area contributed by atoms with Gasteiger partial charge in [-0.3, -0.25) is 0 Å². The summed E-state index contributed by atoms with van der Waals surface area (Å²) in [6.45, 7) is 0.698. The Balaban J connectivity index is 1.91. The van der Waals surface area contributed by atoms with Gasteiger partial charge in [0.2, 0.25) is 0 Å². The molecule has 0 saturated heterocycles. The van der Waals surface area contributed by atoms with Crippen LogP contribution in [-0.2, 0) is 0 Å². The largest absolute Gasteiger partial charge is 0.508 e. The van der Waals surface area contributed by atoms with E-state index >= 15 is 0 Å². The lowest BCUT2D eigenvalue weighted by molar-refractivity contribution is 0.203. The van der Waals surface area contributed by atoms with Crippen molar-refractivity contribution in [2.75, 3.05) is 6.54 Å². The van der Waals surface area contributed by atoms with Crippen LogP contribution in [0.25, 0.3) is 0 Å². The predicted octanol–water partition coefficient (Wildman–Crippen LogP) is 1.64. The van der Waals surface area contributed by atoms with E-state index in [0.29, 0.717) is 18.3 Å². The van der Waals surface area contributed by atoms with Crippen LogP contribution in [0.4, 0.5) is 4.79 Å². The average molecular weight is 245 g/mol. The van der Waals surface area contributed by atoms with Crippen LogP contribution in [0.5, 0.6) is 5.75 Å². The van der Waals surface area contributed by atoms with Crippen molar-refractivity contribution >= 4 is 11.9 Å². The summed E-state index contributed by atoms with van der Waals surface area (Å²) in [4.78, 5) is 17.3. The summed E-state index contributed by atoms with van der Waals surface area (Å²) in [6.07, 6.45) is 2.33. The number of nitrogens with two attached hydrogens (primary N) is 1. The lowest BCUT2D eigenvalue weighted by Gasteiger charge is -2.24. The SMILES string of the molecule is NC1=NC(=O)N(CC2CC2)C1c1cccc(O)c1. The molecule has 1 aromatic carbocycles. The van der Waals surface area contributed by atoms with E-state index in [1.807, 2.05) is 6.07 Å². The first kappa shape index (κ1) is 11.1. The highest BCUT2D eigenvalue weighted by Gasteiger charge is 2.38. The molecule has 3 N–H and O–H groups in total. The second-order valence-corrected chi connectivity index (χ2v) is 4.91. The van der Waals surface area contributed by atoms with Gasteiger partial charge >= 0.3 is 6.03 Å². The number of nitrogens with zero attached hydrogens (tertiary/aromatic N) is 2. The van der Waals surface area contributed by atoms with Crippen LogP contribution in [0.1, 0.15) is 24.4 Å². The van der Waals surface area contributed by atoms with Gasteiger partial charge in [0.15, 0.2) is 0 Å². The Morgan fingerprint density at radius 2 is 2.22 bits per heavy atom. The van der Waals surface area contributed by atoms with Gasteiger partial charge in [0.1, 0.15) is 17.6 Å². The molecule has 94 valence electrons. The van der Waals surface area contributed by atoms with E-state index in [9.17, 15) is 9.90 Å². The van der Waals surface area contributed by atoms with Crippen molar-refractivity contribution in [3.05, 3.63) is 29.8 Å². The Kier molecular flexibility index (Phi) is 2.47. The van der Waals surface area contributed by atoms with Gasteiger partial charge in [-0.15, -0.1) is 0 Å². The van der Waals surface area contributed by atoms with Crippen molar-refractivity contribution in [2.24, 2.45) is 16.6 Å². The van der Waals surface area contributed by atoms with Crippen molar-refractivity contribution in [1.82, 2.24) is 4.90 Å². The molecule has 1 aliphatic heterocycles. The van der Waals surface area contributed by atoms with Gasteiger partial charge in [0, 0.05) is 6.54 Å². The van der Waals surface area contributed by atoms with E-state index < -0.39 is 0 Å². The standard InChI is InChI=1S/C13H15N3O2/c14-12-11(9-2-1-3-10(17)6-9)16(13(18)15-12)7-8-4-5-8/h1-3,6,8,11,17H,4-5,7H2,(H2,14,15,18). The Hall–Kier alpha value is -2.04. The molecule has 0 spiro atoms. The third-order valence-electron chi connectivity index (χ3n) is 3.40. The van der Waals surface area contributed by atoms with Crippen LogP contribution in [-0.4, -0.2) is 28.4 Å². The Morgan fingerprint density at radius 1 is 1.44 bits per heavy atom. The van der Waals surface area contributed by atoms with Crippen molar-refractivity contribution in [3.8, 4) is 5.75 Å². The summed E-state index contributed by atoms with van der Waals surface area (Å²) in [7, 11) is 0. The fraction of sp³-hybridized carbons (Fsp3) is 0.385. The molecule has 5 nitrogen and oxygen atoms in total. The third-order valence-corrected chi connectivity index (χ3v) is 3.40. The first-order valence-corrected chi connectivity index (χ1v) is 6.09. The van der Waals surface area contributed by atoms with E-state index in [4.69, 9.17) is 5.73 Å². The molecule has 1 aromatic rings. The molecular weight excluding hydrogens is 230 g/mol. The van der Waals surface area contributed by atoms with Crippen LogP contribution in [0.3, 0.4) is 0 Å². The second kappa shape index (κ2) is 4.01. The van der Waals surface area contributed by atoms with Gasteiger partial charge in [0.05, 0.1) is 0 Å². The predicted molar refractivity (Wildman–Crippen MR) is 67.3 cm³/mol. The number of carbonyl (C=O) groups excluding carboxylic acids is 1. The van der Waals surface area contributed by atoms with Gasteiger partial charge in [-0.05, 0) is 36.5 Å². The van der Waals surface area contributed by atoms with E-state index in [0.717, 1.165) is 18.4 Å². The Bertz CT molecular complexity index is 523. The highest BCUT2D eigenvalue weighted by atomic mass is 16.3. The lowest BCUT2D eigenvalue weighted by atomic mass is 10.0. The van der Waals surface area contributed by atoms with Crippen molar-refractivity contribution in [3.63, 3.8) is 0 Å². The number of hydrogen-bond acceptors (Lipinski definition) is 3. The summed E-state index contributed by atoms with van der Waals surface area (Å²) < 4.78 is 0. The maximum Gasteiger partial charge on any atom is 0.346 e. The highest BCUT2D eigenvalue weighted by Crippen LogP contribution is 2.35. The summed E-state index contributed by atoms with van der Waals surface area (Å²) >= 11 is 0. The molecule has 2 amide bonds. The molecule has 2 aliphatic rings. The Labute approximate surface area is 105 Å². The molecule has 1 atom stereocenters. The van der Waals surface area contributed by atoms with E-state index in [-0.39, 0.29) is 17.8 Å². The number of hydrogen-bond donors (Lipinski definition) is 2. The summed E-state index contributed by atoms with van der Waals surface area (Å²) in [5, 5.41) is 9.52. The first-order chi connectivity index (χ1) is 8.65. The second-order valence-electron chi connectivity index (χ2n) is 4.91. The number of benzene rings is 1. The molecule has 0 aromatic heterocycles. The van der Waals surface area contributed by atoms with Gasteiger partial charge in [-0.2, -0.15) is 4.99 Å². The number of amides is 2. The van der Waals surface area contributed by atoms with E-state index in [2.05, 4.69) is 4.99 Å². The molecule has 3 rings (SSSR count). The zero-order valence-corrected chi connectivity index (χ0v) is 9.91. The molecule has 1 aliphatic carbocycles. The third kappa shape index (κ3) is 1.92. The molecule has 5 heteroatoms. The maximum atomic E-state index is 11.8. The molecule has 1 saturated carbocycles. The number of carbonyl (C=O) groups is 1. The first-order valence-electron chi connectivity index (χ1n) is 6.09. The molecule has 1 fully saturated rings. The smallest absolute Gasteiger partial charge is 0.346 e. The number of rotatable bonds is 3. The summed E-state index contributed by atoms with van der Waals surface area (Å²) in [6, 6.07) is 6.23. The van der Waals surface area contributed by atoms with Crippen LogP contribution in [0.2, 0.25) is 0 Å². The van der Waals surface area contributed by atoms with Gasteiger partial charge in [-0.25, -0.2) is 4.79 Å². The number of urea groups is 1. The van der Waals surface area contributed by atoms with E-state index in [1.54, 1.807) is 23.1 Å². The van der Waals surface area contributed by atoms with Crippen LogP contribution >= 0.6 is 0 Å². The quantitative estimate of drug-likeness (QED) is 0.849. The van der Waals surface area contributed by atoms with Gasteiger partial charge < -0.3 is 15.7 Å². The Morgan fingerprint density at radius 3 is 2.89 bits per heavy atom. The lowest BCUT2D eigenvalue weighted by Crippen LogP contribution is -2.34. The molecule has 0 radical (unpaired) electrons. The monoisotopic (exact) mass is 245 g/mol. The fourth-order valence-electron chi connectivity index (χ4n) is 2.31. The number of aromatic hydroxyl groups is 1. The minimum Gasteiger partial charge on any atom is -0.508 e. The average Bonchev–Trinajstić information content (AvgIpc) is 3.07. The zero-order valence-electron chi connectivity index (χ0n) is 9.91. The minimum atomic E-state index is -0.329. The van der Waals surface area contributed by atoms with E-state index in [1.165, 1.54) is 0 Å². The van der Waals surface area contributed by atoms with Crippen molar-refractivity contribution in [2.45, 2.75) is 18.9 Å². The number of aliphatic imine (C=N–C) groups is 1. The number of phenols is 1. The zero-order chi connectivity index (χ0) is 12.7. The number of phenolic OH excluding ortho intramolecular Hbond substituents is 1. The fourth-order valence-corrected chi connectivity index (χ4v) is 2.31. The molecule has 0 bridgehead atoms. The summed E-state index contributed by atoms with van der Waals surface area (Å²) in [5.41, 5.74) is 6.65. The molecule has 1 unspecified atom stereocenters. The van der Waals surface area contributed by atoms with Crippen LogP contribution in [0.15, 0.2) is 29.3 Å². The van der Waals surface area contributed by atoms with Crippen LogP contribution < -0.4 is 5.73 Å². The topological polar surface area (TPSA) is 78.9 Å². The van der Waals surface area contributed by atoms with Crippen LogP contribution in [0, 0.1) is 5.92 Å². The van der Waals surface area contributed by atoms with Crippen molar-refractivity contribution < 1.29 is 9.90 Å².